The maximum absolute atomic E-state index is 14.4. The minimum absolute atomic E-state index is 0.266. The molecule has 3 nitrogen and oxygen atoms in total. The molecule has 0 fully saturated rings. The average molecular weight is 354 g/mol. The number of halogens is 2. The summed E-state index contributed by atoms with van der Waals surface area (Å²) in [6, 6.07) is 10.5. The molecule has 0 radical (unpaired) electrons. The fraction of sp³-hybridized carbons (Fsp3) is 0.250. The van der Waals surface area contributed by atoms with E-state index in [0.717, 1.165) is 10.0 Å². The molecule has 0 bridgehead atoms. The molecular formula is C16H17BrFNO2. The van der Waals surface area contributed by atoms with Crippen LogP contribution in [0.4, 0.5) is 4.39 Å². The summed E-state index contributed by atoms with van der Waals surface area (Å²) < 4.78 is 25.7. The van der Waals surface area contributed by atoms with Crippen LogP contribution in [-0.2, 0) is 0 Å². The zero-order chi connectivity index (χ0) is 15.4. The molecule has 2 aromatic rings. The SMILES string of the molecule is CNC(c1ccc(Br)cc1)c1cc(OC)c(OC)cc1F. The molecular weight excluding hydrogens is 337 g/mol. The summed E-state index contributed by atoms with van der Waals surface area (Å²) in [6.45, 7) is 0. The normalized spacial score (nSPS) is 12.0. The molecule has 0 heterocycles. The third-order valence-corrected chi connectivity index (χ3v) is 3.83. The lowest BCUT2D eigenvalue weighted by molar-refractivity contribution is 0.351. The zero-order valence-corrected chi connectivity index (χ0v) is 13.7. The summed E-state index contributed by atoms with van der Waals surface area (Å²) >= 11 is 3.40. The van der Waals surface area contributed by atoms with E-state index < -0.39 is 0 Å². The molecule has 1 N–H and O–H groups in total. The van der Waals surface area contributed by atoms with Crippen molar-refractivity contribution in [3.63, 3.8) is 0 Å². The van der Waals surface area contributed by atoms with Crippen LogP contribution in [0.2, 0.25) is 0 Å². The van der Waals surface area contributed by atoms with Gasteiger partial charge in [-0.3, -0.25) is 0 Å². The number of hydrogen-bond donors (Lipinski definition) is 1. The Kier molecular flexibility index (Phi) is 5.20. The van der Waals surface area contributed by atoms with E-state index in [0.29, 0.717) is 17.1 Å². The van der Waals surface area contributed by atoms with E-state index in [4.69, 9.17) is 9.47 Å². The van der Waals surface area contributed by atoms with Crippen LogP contribution in [0.1, 0.15) is 17.2 Å². The molecule has 0 aromatic heterocycles. The van der Waals surface area contributed by atoms with E-state index in [9.17, 15) is 4.39 Å². The van der Waals surface area contributed by atoms with E-state index in [-0.39, 0.29) is 11.9 Å². The highest BCUT2D eigenvalue weighted by atomic mass is 79.9. The maximum Gasteiger partial charge on any atom is 0.163 e. The first-order valence-electron chi connectivity index (χ1n) is 6.44. The van der Waals surface area contributed by atoms with Gasteiger partial charge >= 0.3 is 0 Å². The Morgan fingerprint density at radius 2 is 1.62 bits per heavy atom. The molecule has 0 spiro atoms. The molecule has 0 saturated heterocycles. The van der Waals surface area contributed by atoms with Crippen LogP contribution < -0.4 is 14.8 Å². The van der Waals surface area contributed by atoms with Crippen LogP contribution in [0, 0.1) is 5.82 Å². The van der Waals surface area contributed by atoms with E-state index in [1.54, 1.807) is 13.1 Å². The Morgan fingerprint density at radius 1 is 1.05 bits per heavy atom. The average Bonchev–Trinajstić information content (AvgIpc) is 2.50. The van der Waals surface area contributed by atoms with Crippen molar-refractivity contribution in [1.29, 1.82) is 0 Å². The van der Waals surface area contributed by atoms with Crippen molar-refractivity contribution in [2.45, 2.75) is 6.04 Å². The predicted octanol–water partition coefficient (Wildman–Crippen LogP) is 3.91. The molecule has 0 saturated carbocycles. The fourth-order valence-electron chi connectivity index (χ4n) is 2.25. The molecule has 0 aliphatic heterocycles. The number of rotatable bonds is 5. The number of ether oxygens (including phenoxy) is 2. The first kappa shape index (κ1) is 15.8. The highest BCUT2D eigenvalue weighted by Gasteiger charge is 2.19. The molecule has 0 amide bonds. The van der Waals surface area contributed by atoms with Gasteiger partial charge in [-0.05, 0) is 30.8 Å². The summed E-state index contributed by atoms with van der Waals surface area (Å²) in [4.78, 5) is 0. The number of methoxy groups -OCH3 is 2. The second kappa shape index (κ2) is 6.91. The Labute approximate surface area is 132 Å². The first-order chi connectivity index (χ1) is 10.1. The smallest absolute Gasteiger partial charge is 0.163 e. The monoisotopic (exact) mass is 353 g/mol. The van der Waals surface area contributed by atoms with E-state index in [1.165, 1.54) is 20.3 Å². The van der Waals surface area contributed by atoms with Crippen LogP contribution in [0.5, 0.6) is 11.5 Å². The van der Waals surface area contributed by atoms with Gasteiger partial charge in [0.2, 0.25) is 0 Å². The van der Waals surface area contributed by atoms with Gasteiger partial charge in [-0.25, -0.2) is 4.39 Å². The molecule has 0 aliphatic carbocycles. The van der Waals surface area contributed by atoms with Crippen molar-refractivity contribution >= 4 is 15.9 Å². The lowest BCUT2D eigenvalue weighted by Gasteiger charge is -2.20. The second-order valence-electron chi connectivity index (χ2n) is 4.50. The summed E-state index contributed by atoms with van der Waals surface area (Å²) in [7, 11) is 4.82. The van der Waals surface area contributed by atoms with Crippen LogP contribution in [0.15, 0.2) is 40.9 Å². The van der Waals surface area contributed by atoms with E-state index in [1.807, 2.05) is 24.3 Å². The van der Waals surface area contributed by atoms with Crippen LogP contribution in [-0.4, -0.2) is 21.3 Å². The predicted molar refractivity (Wildman–Crippen MR) is 84.5 cm³/mol. The Hall–Kier alpha value is -1.59. The van der Waals surface area contributed by atoms with Gasteiger partial charge in [-0.1, -0.05) is 28.1 Å². The molecule has 112 valence electrons. The van der Waals surface area contributed by atoms with Gasteiger partial charge in [0, 0.05) is 16.1 Å². The van der Waals surface area contributed by atoms with Crippen molar-refractivity contribution < 1.29 is 13.9 Å². The minimum Gasteiger partial charge on any atom is -0.493 e. The van der Waals surface area contributed by atoms with Gasteiger partial charge in [-0.15, -0.1) is 0 Å². The van der Waals surface area contributed by atoms with Crippen molar-refractivity contribution in [1.82, 2.24) is 5.32 Å². The Balaban J connectivity index is 2.49. The Morgan fingerprint density at radius 3 is 2.14 bits per heavy atom. The second-order valence-corrected chi connectivity index (χ2v) is 5.42. The first-order valence-corrected chi connectivity index (χ1v) is 7.24. The summed E-state index contributed by atoms with van der Waals surface area (Å²) in [5, 5.41) is 3.13. The molecule has 1 unspecified atom stereocenters. The lowest BCUT2D eigenvalue weighted by atomic mass is 9.98. The highest BCUT2D eigenvalue weighted by Crippen LogP contribution is 2.34. The zero-order valence-electron chi connectivity index (χ0n) is 12.1. The van der Waals surface area contributed by atoms with Crippen molar-refractivity contribution in [3.05, 3.63) is 57.8 Å². The number of benzene rings is 2. The number of hydrogen-bond acceptors (Lipinski definition) is 3. The van der Waals surface area contributed by atoms with Gasteiger partial charge in [0.1, 0.15) is 5.82 Å². The van der Waals surface area contributed by atoms with Crippen molar-refractivity contribution in [2.75, 3.05) is 21.3 Å². The third-order valence-electron chi connectivity index (χ3n) is 3.31. The highest BCUT2D eigenvalue weighted by molar-refractivity contribution is 9.10. The largest absolute Gasteiger partial charge is 0.493 e. The summed E-state index contributed by atoms with van der Waals surface area (Å²) in [5.41, 5.74) is 1.48. The number of nitrogens with one attached hydrogen (secondary N) is 1. The maximum atomic E-state index is 14.4. The summed E-state index contributed by atoms with van der Waals surface area (Å²) in [6.07, 6.45) is 0. The molecule has 2 aromatic carbocycles. The van der Waals surface area contributed by atoms with Gasteiger partial charge in [0.05, 0.1) is 20.3 Å². The van der Waals surface area contributed by atoms with Crippen LogP contribution in [0.25, 0.3) is 0 Å². The van der Waals surface area contributed by atoms with Crippen LogP contribution >= 0.6 is 15.9 Å². The fourth-order valence-corrected chi connectivity index (χ4v) is 2.51. The van der Waals surface area contributed by atoms with Crippen molar-refractivity contribution in [3.8, 4) is 11.5 Å². The van der Waals surface area contributed by atoms with Crippen molar-refractivity contribution in [2.24, 2.45) is 0 Å². The molecule has 2 rings (SSSR count). The third kappa shape index (κ3) is 3.36. The van der Waals surface area contributed by atoms with E-state index >= 15 is 0 Å². The molecule has 5 heteroatoms. The quantitative estimate of drug-likeness (QED) is 0.883. The molecule has 1 atom stereocenters. The van der Waals surface area contributed by atoms with Crippen LogP contribution in [0.3, 0.4) is 0 Å². The van der Waals surface area contributed by atoms with Gasteiger partial charge in [0.15, 0.2) is 11.5 Å². The van der Waals surface area contributed by atoms with E-state index in [2.05, 4.69) is 21.2 Å². The topological polar surface area (TPSA) is 30.5 Å². The van der Waals surface area contributed by atoms with Gasteiger partial charge in [-0.2, -0.15) is 0 Å². The Bertz CT molecular complexity index is 616. The van der Waals surface area contributed by atoms with Gasteiger partial charge in [0.25, 0.3) is 0 Å². The molecule has 0 aliphatic rings. The van der Waals surface area contributed by atoms with Gasteiger partial charge < -0.3 is 14.8 Å². The molecule has 21 heavy (non-hydrogen) atoms. The standard InChI is InChI=1S/C16H17BrFNO2/c1-19-16(10-4-6-11(17)7-5-10)12-8-14(20-2)15(21-3)9-13(12)18/h4-9,16,19H,1-3H3. The minimum atomic E-state index is -0.338. The summed E-state index contributed by atoms with van der Waals surface area (Å²) in [5.74, 6) is 0.547. The lowest BCUT2D eigenvalue weighted by Crippen LogP contribution is -2.19.